The first kappa shape index (κ1) is 23.7. The largest absolute Gasteiger partial charge is 0.324 e. The maximum absolute atomic E-state index is 13.2. The summed E-state index contributed by atoms with van der Waals surface area (Å²) >= 11 is 3.24. The number of urea groups is 1. The van der Waals surface area contributed by atoms with Crippen molar-refractivity contribution in [1.29, 1.82) is 0 Å². The molecule has 31 heavy (non-hydrogen) atoms. The lowest BCUT2D eigenvalue weighted by Crippen LogP contribution is -2.38. The smallest absolute Gasteiger partial charge is 0.320 e. The molecule has 4 unspecified atom stereocenters. The molecule has 2 heterocycles. The molecule has 1 aromatic rings. The Bertz CT molecular complexity index is 835. The third kappa shape index (κ3) is 5.44. The molecule has 1 aliphatic heterocycles. The normalized spacial score (nSPS) is 27.8. The van der Waals surface area contributed by atoms with Gasteiger partial charge in [0, 0.05) is 41.7 Å². The Morgan fingerprint density at radius 1 is 1.48 bits per heavy atom. The number of nitrogens with zero attached hydrogens (tertiary/aromatic N) is 3. The molecule has 3 rings (SSSR count). The van der Waals surface area contributed by atoms with E-state index in [-0.39, 0.29) is 22.7 Å². The van der Waals surface area contributed by atoms with Crippen LogP contribution in [-0.2, 0) is 0 Å². The number of allylic oxidation sites excluding steroid dienone is 5. The van der Waals surface area contributed by atoms with Gasteiger partial charge in [0.1, 0.15) is 0 Å². The number of nitrogens with one attached hydrogen (secondary N) is 1. The minimum absolute atomic E-state index is 0.0202. The van der Waals surface area contributed by atoms with Crippen molar-refractivity contribution < 1.29 is 4.79 Å². The minimum Gasteiger partial charge on any atom is -0.320 e. The van der Waals surface area contributed by atoms with Crippen LogP contribution in [0.5, 0.6) is 0 Å². The highest BCUT2D eigenvalue weighted by atomic mass is 32.2. The molecule has 2 amide bonds. The molecule has 0 aromatic carbocycles. The first-order chi connectivity index (χ1) is 14.9. The molecule has 5 nitrogen and oxygen atoms in total. The van der Waals surface area contributed by atoms with E-state index in [4.69, 9.17) is 0 Å². The van der Waals surface area contributed by atoms with Gasteiger partial charge in [-0.3, -0.25) is 4.90 Å². The monoisotopic (exact) mass is 458 g/mol. The summed E-state index contributed by atoms with van der Waals surface area (Å²) in [6.45, 7) is 15.9. The molecule has 1 aromatic heterocycles. The number of amides is 2. The van der Waals surface area contributed by atoms with Gasteiger partial charge in [-0.25, -0.2) is 9.78 Å². The molecule has 2 fully saturated rings. The van der Waals surface area contributed by atoms with Gasteiger partial charge >= 0.3 is 6.03 Å². The number of hydrogen-bond acceptors (Lipinski definition) is 5. The minimum atomic E-state index is 0.0202. The summed E-state index contributed by atoms with van der Waals surface area (Å²) in [6.07, 6.45) is 15.1. The molecule has 7 heteroatoms. The molecular formula is C24H34N4OS2. The van der Waals surface area contributed by atoms with Crippen LogP contribution >= 0.6 is 23.3 Å². The van der Waals surface area contributed by atoms with Gasteiger partial charge in [-0.2, -0.15) is 0 Å². The van der Waals surface area contributed by atoms with Crippen LogP contribution in [0, 0.1) is 11.3 Å². The van der Waals surface area contributed by atoms with Gasteiger partial charge in [-0.1, -0.05) is 37.3 Å². The summed E-state index contributed by atoms with van der Waals surface area (Å²) in [4.78, 5) is 21.5. The van der Waals surface area contributed by atoms with Crippen molar-refractivity contribution in [2.24, 2.45) is 11.3 Å². The molecule has 0 spiro atoms. The first-order valence-electron chi connectivity index (χ1n) is 10.9. The molecule has 1 aliphatic carbocycles. The van der Waals surface area contributed by atoms with E-state index in [1.807, 2.05) is 36.3 Å². The van der Waals surface area contributed by atoms with E-state index in [0.29, 0.717) is 5.92 Å². The first-order valence-corrected chi connectivity index (χ1v) is 12.6. The molecule has 0 bridgehead atoms. The standard InChI is InChI=1S/C24H34N4OS2/c1-6-9-21(31-26-22-25-12-15-30-22)11-10-18(4)27-13-14-28(23(27)29)20-16-19(7-2)24(5,8-3)17-20/h6-10,12,15,19-21H,2-3,11,13-14,16-17H2,1,4-5H3,(H,25,26)/b9-6-,18-10+. The average molecular weight is 459 g/mol. The van der Waals surface area contributed by atoms with Crippen molar-refractivity contribution in [3.63, 3.8) is 0 Å². The van der Waals surface area contributed by atoms with Gasteiger partial charge < -0.3 is 9.62 Å². The number of anilines is 1. The Morgan fingerprint density at radius 2 is 2.29 bits per heavy atom. The zero-order valence-electron chi connectivity index (χ0n) is 18.8. The number of hydrogen-bond donors (Lipinski definition) is 1. The van der Waals surface area contributed by atoms with Crippen molar-refractivity contribution in [2.45, 2.75) is 51.3 Å². The van der Waals surface area contributed by atoms with Crippen LogP contribution in [0.3, 0.4) is 0 Å². The van der Waals surface area contributed by atoms with Crippen LogP contribution in [0.2, 0.25) is 0 Å². The number of carbonyl (C=O) groups excluding carboxylic acids is 1. The fourth-order valence-corrected chi connectivity index (χ4v) is 5.98. The second-order valence-electron chi connectivity index (χ2n) is 8.48. The third-order valence-corrected chi connectivity index (χ3v) is 8.27. The van der Waals surface area contributed by atoms with Crippen molar-refractivity contribution in [2.75, 3.05) is 17.8 Å². The second kappa shape index (κ2) is 10.6. The molecule has 1 saturated heterocycles. The average Bonchev–Trinajstić information content (AvgIpc) is 3.49. The Kier molecular flexibility index (Phi) is 8.06. The highest BCUT2D eigenvalue weighted by Crippen LogP contribution is 2.47. The van der Waals surface area contributed by atoms with Crippen molar-refractivity contribution in [1.82, 2.24) is 14.8 Å². The van der Waals surface area contributed by atoms with Gasteiger partial charge in [-0.15, -0.1) is 24.5 Å². The lowest BCUT2D eigenvalue weighted by molar-refractivity contribution is 0.181. The van der Waals surface area contributed by atoms with Gasteiger partial charge in [0.25, 0.3) is 0 Å². The Hall–Kier alpha value is -1.99. The van der Waals surface area contributed by atoms with Crippen molar-refractivity contribution in [3.05, 3.63) is 60.8 Å². The highest BCUT2D eigenvalue weighted by Gasteiger charge is 2.45. The summed E-state index contributed by atoms with van der Waals surface area (Å²) in [5.41, 5.74) is 1.05. The highest BCUT2D eigenvalue weighted by molar-refractivity contribution is 8.01. The fourth-order valence-electron chi connectivity index (χ4n) is 4.54. The van der Waals surface area contributed by atoms with Gasteiger partial charge in [0.05, 0.1) is 0 Å². The molecular weight excluding hydrogens is 424 g/mol. The number of thiazole rings is 1. The lowest BCUT2D eigenvalue weighted by Gasteiger charge is -2.27. The molecule has 0 radical (unpaired) electrons. The quantitative estimate of drug-likeness (QED) is 0.328. The van der Waals surface area contributed by atoms with Crippen LogP contribution in [0.4, 0.5) is 9.93 Å². The maximum atomic E-state index is 13.2. The van der Waals surface area contributed by atoms with Crippen LogP contribution in [0.25, 0.3) is 0 Å². The molecule has 1 N–H and O–H groups in total. The molecule has 2 aliphatic rings. The fraction of sp³-hybridized carbons (Fsp3) is 0.500. The van der Waals surface area contributed by atoms with Crippen molar-refractivity contribution >= 4 is 34.4 Å². The number of carbonyl (C=O) groups is 1. The Morgan fingerprint density at radius 3 is 2.90 bits per heavy atom. The van der Waals surface area contributed by atoms with Crippen LogP contribution < -0.4 is 4.72 Å². The van der Waals surface area contributed by atoms with Crippen LogP contribution in [0.1, 0.15) is 40.0 Å². The van der Waals surface area contributed by atoms with E-state index < -0.39 is 0 Å². The summed E-state index contributed by atoms with van der Waals surface area (Å²) < 4.78 is 3.32. The van der Waals surface area contributed by atoms with Gasteiger partial charge in [0.2, 0.25) is 0 Å². The summed E-state index contributed by atoms with van der Waals surface area (Å²) in [5.74, 6) is 0.373. The zero-order valence-corrected chi connectivity index (χ0v) is 20.4. The summed E-state index contributed by atoms with van der Waals surface area (Å²) in [5, 5.41) is 3.14. The molecule has 168 valence electrons. The van der Waals surface area contributed by atoms with E-state index in [0.717, 1.165) is 43.2 Å². The Balaban J connectivity index is 1.59. The van der Waals surface area contributed by atoms with Gasteiger partial charge in [-0.05, 0) is 56.4 Å². The van der Waals surface area contributed by atoms with E-state index in [9.17, 15) is 4.79 Å². The van der Waals surface area contributed by atoms with E-state index in [2.05, 4.69) is 52.9 Å². The predicted molar refractivity (Wildman–Crippen MR) is 134 cm³/mol. The number of aromatic nitrogens is 1. The van der Waals surface area contributed by atoms with E-state index >= 15 is 0 Å². The number of rotatable bonds is 10. The zero-order chi connectivity index (χ0) is 22.4. The maximum Gasteiger partial charge on any atom is 0.324 e. The summed E-state index contributed by atoms with van der Waals surface area (Å²) in [7, 11) is 0. The molecule has 1 saturated carbocycles. The lowest BCUT2D eigenvalue weighted by atomic mass is 9.80. The van der Waals surface area contributed by atoms with Crippen LogP contribution in [-0.4, -0.2) is 45.2 Å². The third-order valence-electron chi connectivity index (χ3n) is 6.49. The van der Waals surface area contributed by atoms with E-state index in [1.165, 1.54) is 0 Å². The topological polar surface area (TPSA) is 48.5 Å². The van der Waals surface area contributed by atoms with Crippen LogP contribution in [0.15, 0.2) is 60.8 Å². The predicted octanol–water partition coefficient (Wildman–Crippen LogP) is 6.34. The summed E-state index contributed by atoms with van der Waals surface area (Å²) in [6, 6.07) is 0.385. The Labute approximate surface area is 195 Å². The SMILES string of the molecule is C=CC1CC(N2CCN(/C(C)=C/CC(/C=C\C)SNc3nccs3)C2=O)CC1(C)C=C. The molecule has 4 atom stereocenters. The van der Waals surface area contributed by atoms with E-state index in [1.54, 1.807) is 29.5 Å². The van der Waals surface area contributed by atoms with Crippen molar-refractivity contribution in [3.8, 4) is 0 Å². The van der Waals surface area contributed by atoms with Gasteiger partial charge in [0.15, 0.2) is 5.13 Å². The second-order valence-corrected chi connectivity index (χ2v) is 10.4.